The van der Waals surface area contributed by atoms with Gasteiger partial charge in [-0.05, 0) is 18.4 Å². The van der Waals surface area contributed by atoms with Crippen LogP contribution in [0.4, 0.5) is 0 Å². The second-order valence-electron chi connectivity index (χ2n) is 2.97. The van der Waals surface area contributed by atoms with Crippen molar-refractivity contribution >= 4 is 17.5 Å². The molecule has 0 radical (unpaired) electrons. The third-order valence-corrected chi connectivity index (χ3v) is 1.72. The number of carbonyl (C=O) groups excluding carboxylic acids is 2. The van der Waals surface area contributed by atoms with E-state index in [1.807, 2.05) is 13.8 Å². The minimum absolute atomic E-state index is 0.104. The second-order valence-corrected chi connectivity index (χ2v) is 2.97. The molecule has 5 heteroatoms. The van der Waals surface area contributed by atoms with Crippen LogP contribution in [0.25, 0.3) is 0 Å². The maximum atomic E-state index is 11.0. The van der Waals surface area contributed by atoms with Crippen molar-refractivity contribution in [2.24, 2.45) is 5.73 Å². The van der Waals surface area contributed by atoms with Gasteiger partial charge in [0.25, 0.3) is 0 Å². The monoisotopic (exact) mass is 229 g/mol. The highest BCUT2D eigenvalue weighted by atomic mass is 16.4. The molecule has 0 rings (SSSR count). The van der Waals surface area contributed by atoms with Crippen LogP contribution in [0, 0.1) is 0 Å². The van der Waals surface area contributed by atoms with Gasteiger partial charge in [-0.15, -0.1) is 0 Å². The van der Waals surface area contributed by atoms with Gasteiger partial charge in [0.1, 0.15) is 6.04 Å². The first kappa shape index (κ1) is 16.9. The minimum Gasteiger partial charge on any atom is -0.480 e. The molecule has 0 fully saturated rings. The average molecular weight is 229 g/mol. The SMILES string of the molecule is C=C(CCC(N)C(=O)O)C(=O)C(C)=O.CC. The van der Waals surface area contributed by atoms with Crippen molar-refractivity contribution in [3.05, 3.63) is 12.2 Å². The van der Waals surface area contributed by atoms with E-state index in [0.717, 1.165) is 6.92 Å². The molecule has 0 aliphatic heterocycles. The molecule has 0 aromatic rings. The first-order valence-corrected chi connectivity index (χ1v) is 5.07. The minimum atomic E-state index is -1.13. The largest absolute Gasteiger partial charge is 0.480 e. The van der Waals surface area contributed by atoms with Gasteiger partial charge < -0.3 is 10.8 Å². The van der Waals surface area contributed by atoms with Crippen LogP contribution in [0.3, 0.4) is 0 Å². The standard InChI is InChI=1S/C9H13NO4.C2H6/c1-5(8(12)6(2)11)3-4-7(10)9(13)14;1-2/h7H,1,3-4,10H2,2H3,(H,13,14);1-2H3. The lowest BCUT2D eigenvalue weighted by molar-refractivity contribution is -0.138. The molecule has 0 spiro atoms. The second kappa shape index (κ2) is 8.79. The van der Waals surface area contributed by atoms with E-state index in [1.54, 1.807) is 0 Å². The van der Waals surface area contributed by atoms with Crippen LogP contribution in [0.15, 0.2) is 12.2 Å². The van der Waals surface area contributed by atoms with Crippen molar-refractivity contribution in [1.82, 2.24) is 0 Å². The van der Waals surface area contributed by atoms with Crippen LogP contribution in [0.5, 0.6) is 0 Å². The summed E-state index contributed by atoms with van der Waals surface area (Å²) in [5.74, 6) is -2.39. The molecule has 3 N–H and O–H groups in total. The van der Waals surface area contributed by atoms with Crippen molar-refractivity contribution in [3.8, 4) is 0 Å². The highest BCUT2D eigenvalue weighted by Gasteiger charge is 2.16. The zero-order valence-corrected chi connectivity index (χ0v) is 9.95. The van der Waals surface area contributed by atoms with Crippen LogP contribution >= 0.6 is 0 Å². The van der Waals surface area contributed by atoms with Crippen molar-refractivity contribution < 1.29 is 19.5 Å². The molecule has 0 heterocycles. The number of Topliss-reactive ketones (excluding diaryl/α,β-unsaturated/α-hetero) is 2. The number of rotatable bonds is 6. The number of hydrogen-bond donors (Lipinski definition) is 2. The molecule has 0 amide bonds. The molecule has 5 nitrogen and oxygen atoms in total. The molecule has 0 aliphatic carbocycles. The summed E-state index contributed by atoms with van der Waals surface area (Å²) in [6.45, 7) is 8.53. The summed E-state index contributed by atoms with van der Waals surface area (Å²) in [7, 11) is 0. The van der Waals surface area contributed by atoms with Crippen molar-refractivity contribution in [3.63, 3.8) is 0 Å². The summed E-state index contributed by atoms with van der Waals surface area (Å²) in [6.07, 6.45) is 0.235. The normalized spacial score (nSPS) is 10.8. The van der Waals surface area contributed by atoms with Gasteiger partial charge >= 0.3 is 5.97 Å². The fourth-order valence-corrected chi connectivity index (χ4v) is 0.816. The molecular formula is C11H19NO4. The quantitative estimate of drug-likeness (QED) is 0.521. The molecule has 92 valence electrons. The van der Waals surface area contributed by atoms with Crippen molar-refractivity contribution in [2.75, 3.05) is 0 Å². The fraction of sp³-hybridized carbons (Fsp3) is 0.545. The average Bonchev–Trinajstić information content (AvgIpc) is 2.26. The van der Waals surface area contributed by atoms with E-state index in [4.69, 9.17) is 10.8 Å². The first-order valence-electron chi connectivity index (χ1n) is 5.07. The number of carbonyl (C=O) groups is 3. The molecule has 1 atom stereocenters. The Morgan fingerprint density at radius 3 is 2.06 bits per heavy atom. The maximum absolute atomic E-state index is 11.0. The van der Waals surface area contributed by atoms with Gasteiger partial charge in [0, 0.05) is 6.92 Å². The molecule has 0 aliphatic rings. The van der Waals surface area contributed by atoms with E-state index in [1.165, 1.54) is 0 Å². The summed E-state index contributed by atoms with van der Waals surface area (Å²) in [6, 6.07) is -1.02. The number of nitrogens with two attached hydrogens (primary N) is 1. The smallest absolute Gasteiger partial charge is 0.320 e. The van der Waals surface area contributed by atoms with Gasteiger partial charge in [0.05, 0.1) is 0 Å². The zero-order valence-electron chi connectivity index (χ0n) is 9.95. The van der Waals surface area contributed by atoms with Crippen LogP contribution < -0.4 is 5.73 Å². The topological polar surface area (TPSA) is 97.5 Å². The van der Waals surface area contributed by atoms with Gasteiger partial charge in [-0.1, -0.05) is 20.4 Å². The Hall–Kier alpha value is -1.49. The van der Waals surface area contributed by atoms with E-state index in [-0.39, 0.29) is 18.4 Å². The lowest BCUT2D eigenvalue weighted by Gasteiger charge is -2.06. The van der Waals surface area contributed by atoms with E-state index < -0.39 is 23.6 Å². The zero-order chi connectivity index (χ0) is 13.3. The van der Waals surface area contributed by atoms with E-state index in [0.29, 0.717) is 0 Å². The van der Waals surface area contributed by atoms with E-state index >= 15 is 0 Å². The van der Waals surface area contributed by atoms with Crippen molar-refractivity contribution in [2.45, 2.75) is 39.7 Å². The summed E-state index contributed by atoms with van der Waals surface area (Å²) in [4.78, 5) is 31.9. The van der Waals surface area contributed by atoms with Gasteiger partial charge in [-0.2, -0.15) is 0 Å². The lowest BCUT2D eigenvalue weighted by atomic mass is 10.0. The Bertz CT molecular complexity index is 284. The molecule has 0 aromatic heterocycles. The third kappa shape index (κ3) is 6.89. The van der Waals surface area contributed by atoms with Crippen LogP contribution in [0.2, 0.25) is 0 Å². The fourth-order valence-electron chi connectivity index (χ4n) is 0.816. The van der Waals surface area contributed by atoms with E-state index in [2.05, 4.69) is 6.58 Å². The van der Waals surface area contributed by atoms with Gasteiger partial charge in [0.2, 0.25) is 5.78 Å². The number of allylic oxidation sites excluding steroid dienone is 1. The Kier molecular flexibility index (Phi) is 9.30. The molecule has 1 unspecified atom stereocenters. The highest BCUT2D eigenvalue weighted by molar-refractivity contribution is 6.42. The molecule has 16 heavy (non-hydrogen) atoms. The number of aliphatic carboxylic acids is 1. The first-order chi connectivity index (χ1) is 7.36. The Labute approximate surface area is 95.3 Å². The van der Waals surface area contributed by atoms with Gasteiger partial charge in [-0.3, -0.25) is 14.4 Å². The number of ketones is 2. The Balaban J connectivity index is 0. The molecular weight excluding hydrogens is 210 g/mol. The number of hydrogen-bond acceptors (Lipinski definition) is 4. The third-order valence-electron chi connectivity index (χ3n) is 1.72. The summed E-state index contributed by atoms with van der Waals surface area (Å²) < 4.78 is 0. The Morgan fingerprint density at radius 1 is 1.31 bits per heavy atom. The summed E-state index contributed by atoms with van der Waals surface area (Å²) in [5.41, 5.74) is 5.31. The van der Waals surface area contributed by atoms with Crippen LogP contribution in [-0.2, 0) is 14.4 Å². The van der Waals surface area contributed by atoms with Gasteiger partial charge in [-0.25, -0.2) is 0 Å². The molecule has 0 saturated heterocycles. The summed E-state index contributed by atoms with van der Waals surface area (Å²) in [5, 5.41) is 8.44. The van der Waals surface area contributed by atoms with Crippen LogP contribution in [0.1, 0.15) is 33.6 Å². The number of carboxylic acids is 1. The maximum Gasteiger partial charge on any atom is 0.320 e. The molecule has 0 bridgehead atoms. The number of carboxylic acid groups (broad SMARTS) is 1. The molecule has 0 aromatic carbocycles. The molecule has 0 saturated carbocycles. The highest BCUT2D eigenvalue weighted by Crippen LogP contribution is 2.06. The van der Waals surface area contributed by atoms with Crippen molar-refractivity contribution in [1.29, 1.82) is 0 Å². The van der Waals surface area contributed by atoms with E-state index in [9.17, 15) is 14.4 Å². The lowest BCUT2D eigenvalue weighted by Crippen LogP contribution is -2.30. The predicted octanol–water partition coefficient (Wildman–Crippen LogP) is 0.919. The summed E-state index contributed by atoms with van der Waals surface area (Å²) >= 11 is 0. The predicted molar refractivity (Wildman–Crippen MR) is 61.0 cm³/mol. The van der Waals surface area contributed by atoms with Gasteiger partial charge in [0.15, 0.2) is 5.78 Å². The van der Waals surface area contributed by atoms with Crippen LogP contribution in [-0.4, -0.2) is 28.7 Å². The Morgan fingerprint density at radius 2 is 1.75 bits per heavy atom.